The van der Waals surface area contributed by atoms with Crippen LogP contribution in [-0.2, 0) is 0 Å². The number of pyridine rings is 1. The number of carbonyl (C=O) groups is 1. The number of aromatic carboxylic acids is 1. The van der Waals surface area contributed by atoms with Crippen molar-refractivity contribution in [3.8, 4) is 0 Å². The summed E-state index contributed by atoms with van der Waals surface area (Å²) in [6.07, 6.45) is 4.77. The van der Waals surface area contributed by atoms with E-state index in [0.29, 0.717) is 16.9 Å². The molecule has 1 aliphatic heterocycles. The maximum absolute atomic E-state index is 11.3. The lowest BCUT2D eigenvalue weighted by Gasteiger charge is -2.25. The van der Waals surface area contributed by atoms with Crippen LogP contribution in [0.4, 0.5) is 11.5 Å². The van der Waals surface area contributed by atoms with Gasteiger partial charge in [0.05, 0.1) is 11.9 Å². The zero-order chi connectivity index (χ0) is 14.0. The van der Waals surface area contributed by atoms with Crippen LogP contribution in [0.2, 0.25) is 0 Å². The first-order valence-corrected chi connectivity index (χ1v) is 6.63. The summed E-state index contributed by atoms with van der Waals surface area (Å²) in [6.45, 7) is 6.20. The molecular weight excluding hydrogens is 242 g/mol. The largest absolute Gasteiger partial charge is 0.478 e. The van der Waals surface area contributed by atoms with E-state index in [1.807, 2.05) is 0 Å². The molecule has 1 aliphatic rings. The van der Waals surface area contributed by atoms with Gasteiger partial charge in [0, 0.05) is 13.1 Å². The van der Waals surface area contributed by atoms with Crippen molar-refractivity contribution < 1.29 is 9.90 Å². The second-order valence-corrected chi connectivity index (χ2v) is 5.95. The van der Waals surface area contributed by atoms with Gasteiger partial charge in [0.25, 0.3) is 0 Å². The van der Waals surface area contributed by atoms with Gasteiger partial charge in [0.2, 0.25) is 0 Å². The summed E-state index contributed by atoms with van der Waals surface area (Å²) in [5, 5.41) is 9.27. The third-order valence-corrected chi connectivity index (χ3v) is 3.76. The molecule has 0 amide bonds. The Bertz CT molecular complexity index is 486. The number of rotatable bonds is 2. The maximum Gasteiger partial charge on any atom is 0.339 e. The van der Waals surface area contributed by atoms with E-state index in [1.165, 1.54) is 12.3 Å². The Balaban J connectivity index is 2.29. The summed E-state index contributed by atoms with van der Waals surface area (Å²) in [7, 11) is 0. The van der Waals surface area contributed by atoms with Gasteiger partial charge in [0.15, 0.2) is 0 Å². The molecule has 0 spiro atoms. The van der Waals surface area contributed by atoms with Crippen LogP contribution in [0.1, 0.15) is 43.5 Å². The Morgan fingerprint density at radius 1 is 1.42 bits per heavy atom. The molecule has 0 aromatic carbocycles. The van der Waals surface area contributed by atoms with E-state index in [2.05, 4.69) is 23.7 Å². The number of nitrogens with two attached hydrogens (primary N) is 1. The van der Waals surface area contributed by atoms with Crippen molar-refractivity contribution >= 4 is 17.5 Å². The second kappa shape index (κ2) is 5.07. The lowest BCUT2D eigenvalue weighted by molar-refractivity contribution is 0.0697. The van der Waals surface area contributed by atoms with Gasteiger partial charge in [-0.15, -0.1) is 0 Å². The molecule has 2 heterocycles. The SMILES string of the molecule is CC1(C)CCCN(c2ncc(N)cc2C(=O)O)CC1. The fraction of sp³-hybridized carbons (Fsp3) is 0.571. The minimum atomic E-state index is -0.974. The zero-order valence-corrected chi connectivity index (χ0v) is 11.5. The molecule has 1 saturated heterocycles. The molecule has 5 heteroatoms. The Morgan fingerprint density at radius 3 is 2.84 bits per heavy atom. The van der Waals surface area contributed by atoms with E-state index in [4.69, 9.17) is 5.73 Å². The van der Waals surface area contributed by atoms with Crippen LogP contribution in [0.3, 0.4) is 0 Å². The van der Waals surface area contributed by atoms with Gasteiger partial charge >= 0.3 is 5.97 Å². The fourth-order valence-electron chi connectivity index (χ4n) is 2.52. The highest BCUT2D eigenvalue weighted by molar-refractivity contribution is 5.94. The number of hydrogen-bond acceptors (Lipinski definition) is 4. The third-order valence-electron chi connectivity index (χ3n) is 3.76. The van der Waals surface area contributed by atoms with E-state index in [9.17, 15) is 9.90 Å². The molecule has 0 radical (unpaired) electrons. The van der Waals surface area contributed by atoms with E-state index in [0.717, 1.165) is 32.4 Å². The summed E-state index contributed by atoms with van der Waals surface area (Å²) in [5.41, 5.74) is 6.52. The van der Waals surface area contributed by atoms with Crippen LogP contribution >= 0.6 is 0 Å². The first-order valence-electron chi connectivity index (χ1n) is 6.63. The van der Waals surface area contributed by atoms with Crippen molar-refractivity contribution in [3.63, 3.8) is 0 Å². The Hall–Kier alpha value is -1.78. The van der Waals surface area contributed by atoms with Gasteiger partial charge in [-0.05, 0) is 30.7 Å². The minimum Gasteiger partial charge on any atom is -0.478 e. The molecular formula is C14H21N3O2. The molecule has 0 unspecified atom stereocenters. The monoisotopic (exact) mass is 263 g/mol. The molecule has 104 valence electrons. The van der Waals surface area contributed by atoms with Crippen molar-refractivity contribution in [2.75, 3.05) is 23.7 Å². The van der Waals surface area contributed by atoms with Crippen LogP contribution < -0.4 is 10.6 Å². The smallest absolute Gasteiger partial charge is 0.339 e. The van der Waals surface area contributed by atoms with Crippen LogP contribution in [0, 0.1) is 5.41 Å². The van der Waals surface area contributed by atoms with Gasteiger partial charge in [-0.3, -0.25) is 0 Å². The number of carboxylic acid groups (broad SMARTS) is 1. The van der Waals surface area contributed by atoms with Gasteiger partial charge in [-0.25, -0.2) is 9.78 Å². The van der Waals surface area contributed by atoms with Gasteiger partial charge in [-0.2, -0.15) is 0 Å². The van der Waals surface area contributed by atoms with E-state index in [1.54, 1.807) is 0 Å². The van der Waals surface area contributed by atoms with Crippen molar-refractivity contribution in [1.82, 2.24) is 4.98 Å². The number of nitrogens with zero attached hydrogens (tertiary/aromatic N) is 2. The summed E-state index contributed by atoms with van der Waals surface area (Å²) in [4.78, 5) is 17.6. The second-order valence-electron chi connectivity index (χ2n) is 5.95. The summed E-state index contributed by atoms with van der Waals surface area (Å²) in [6, 6.07) is 1.49. The molecule has 0 atom stereocenters. The first-order chi connectivity index (χ1) is 8.89. The Morgan fingerprint density at radius 2 is 2.16 bits per heavy atom. The number of carboxylic acids is 1. The molecule has 2 rings (SSSR count). The Kier molecular flexibility index (Phi) is 3.64. The number of aromatic nitrogens is 1. The summed E-state index contributed by atoms with van der Waals surface area (Å²) >= 11 is 0. The van der Waals surface area contributed by atoms with Crippen LogP contribution in [0.25, 0.3) is 0 Å². The number of hydrogen-bond donors (Lipinski definition) is 2. The van der Waals surface area contributed by atoms with Gasteiger partial charge in [-0.1, -0.05) is 13.8 Å². The molecule has 0 bridgehead atoms. The van der Waals surface area contributed by atoms with Gasteiger partial charge < -0.3 is 15.7 Å². The normalized spacial score (nSPS) is 18.9. The first kappa shape index (κ1) is 13.6. The van der Waals surface area contributed by atoms with E-state index >= 15 is 0 Å². The molecule has 1 fully saturated rings. The minimum absolute atomic E-state index is 0.194. The van der Waals surface area contributed by atoms with E-state index in [-0.39, 0.29) is 5.56 Å². The lowest BCUT2D eigenvalue weighted by atomic mass is 9.85. The number of nitrogen functional groups attached to an aromatic ring is 1. The van der Waals surface area contributed by atoms with Crippen LogP contribution in [-0.4, -0.2) is 29.1 Å². The average Bonchev–Trinajstić information content (AvgIpc) is 2.50. The molecule has 1 aromatic heterocycles. The van der Waals surface area contributed by atoms with Crippen molar-refractivity contribution in [3.05, 3.63) is 17.8 Å². The molecule has 3 N–H and O–H groups in total. The molecule has 1 aromatic rings. The average molecular weight is 263 g/mol. The standard InChI is InChI=1S/C14H21N3O2/c1-14(2)4-3-6-17(7-5-14)12-11(13(18)19)8-10(15)9-16-12/h8-9H,3-7,15H2,1-2H3,(H,18,19). The van der Waals surface area contributed by atoms with Crippen LogP contribution in [0.5, 0.6) is 0 Å². The highest BCUT2D eigenvalue weighted by atomic mass is 16.4. The highest BCUT2D eigenvalue weighted by Crippen LogP contribution is 2.32. The van der Waals surface area contributed by atoms with Gasteiger partial charge in [0.1, 0.15) is 11.4 Å². The van der Waals surface area contributed by atoms with Crippen molar-refractivity contribution in [1.29, 1.82) is 0 Å². The predicted octanol–water partition coefficient (Wildman–Crippen LogP) is 2.38. The maximum atomic E-state index is 11.3. The molecule has 19 heavy (non-hydrogen) atoms. The number of anilines is 2. The summed E-state index contributed by atoms with van der Waals surface area (Å²) in [5.74, 6) is -0.433. The summed E-state index contributed by atoms with van der Waals surface area (Å²) < 4.78 is 0. The van der Waals surface area contributed by atoms with Crippen molar-refractivity contribution in [2.45, 2.75) is 33.1 Å². The predicted molar refractivity (Wildman–Crippen MR) is 75.5 cm³/mol. The van der Waals surface area contributed by atoms with Crippen LogP contribution in [0.15, 0.2) is 12.3 Å². The zero-order valence-electron chi connectivity index (χ0n) is 11.5. The fourth-order valence-corrected chi connectivity index (χ4v) is 2.52. The quantitative estimate of drug-likeness (QED) is 0.856. The molecule has 0 aliphatic carbocycles. The highest BCUT2D eigenvalue weighted by Gasteiger charge is 2.26. The van der Waals surface area contributed by atoms with Crippen molar-refractivity contribution in [2.24, 2.45) is 5.41 Å². The Labute approximate surface area is 113 Å². The molecule has 0 saturated carbocycles. The third kappa shape index (κ3) is 3.16. The van der Waals surface area contributed by atoms with E-state index < -0.39 is 5.97 Å². The lowest BCUT2D eigenvalue weighted by Crippen LogP contribution is -2.28. The molecule has 5 nitrogen and oxygen atoms in total. The topological polar surface area (TPSA) is 79.5 Å².